The zero-order valence-electron chi connectivity index (χ0n) is 15.5. The van der Waals surface area contributed by atoms with Crippen LogP contribution in [0.3, 0.4) is 0 Å². The van der Waals surface area contributed by atoms with Crippen molar-refractivity contribution in [3.63, 3.8) is 0 Å². The molecular formula is C20H16ClN3O5S. The van der Waals surface area contributed by atoms with Crippen molar-refractivity contribution in [3.05, 3.63) is 64.0 Å². The van der Waals surface area contributed by atoms with Gasteiger partial charge < -0.3 is 15.8 Å². The molecule has 30 heavy (non-hydrogen) atoms. The standard InChI is InChI=1S/C20H16ClN3O5S/c21-14-3-1-2-4-15(14)23-18(26)10-24-19(27)16(30-20(24)28)9-12-5-7-13(8-6-12)29-11-17(22)25/h1-9H,10-11H2,(H2,22,25)(H,23,26)/b16-9+. The van der Waals surface area contributed by atoms with Gasteiger partial charge in [-0.1, -0.05) is 35.9 Å². The second-order valence-corrected chi connectivity index (χ2v) is 7.52. The monoisotopic (exact) mass is 445 g/mol. The van der Waals surface area contributed by atoms with E-state index in [2.05, 4.69) is 5.32 Å². The summed E-state index contributed by atoms with van der Waals surface area (Å²) in [7, 11) is 0. The van der Waals surface area contributed by atoms with Gasteiger partial charge in [-0.3, -0.25) is 24.1 Å². The van der Waals surface area contributed by atoms with Gasteiger partial charge in [0.15, 0.2) is 6.61 Å². The number of hydrogen-bond acceptors (Lipinski definition) is 6. The van der Waals surface area contributed by atoms with E-state index in [4.69, 9.17) is 22.1 Å². The van der Waals surface area contributed by atoms with Crippen LogP contribution in [0.5, 0.6) is 5.75 Å². The van der Waals surface area contributed by atoms with Crippen LogP contribution in [0.1, 0.15) is 5.56 Å². The predicted octanol–water partition coefficient (Wildman–Crippen LogP) is 2.88. The molecule has 2 aromatic carbocycles. The number of carbonyl (C=O) groups is 4. The molecule has 3 N–H and O–H groups in total. The fraction of sp³-hybridized carbons (Fsp3) is 0.100. The number of rotatable bonds is 7. The second kappa shape index (κ2) is 9.47. The predicted molar refractivity (Wildman–Crippen MR) is 114 cm³/mol. The van der Waals surface area contributed by atoms with E-state index in [1.54, 1.807) is 48.5 Å². The Morgan fingerprint density at radius 2 is 1.83 bits per heavy atom. The lowest BCUT2D eigenvalue weighted by Crippen LogP contribution is -2.36. The molecular weight excluding hydrogens is 430 g/mol. The molecule has 4 amide bonds. The minimum Gasteiger partial charge on any atom is -0.484 e. The summed E-state index contributed by atoms with van der Waals surface area (Å²) in [5.41, 5.74) is 6.06. The van der Waals surface area contributed by atoms with Gasteiger partial charge in [-0.2, -0.15) is 0 Å². The number of benzene rings is 2. The number of hydrogen-bond donors (Lipinski definition) is 2. The Morgan fingerprint density at radius 3 is 2.50 bits per heavy atom. The lowest BCUT2D eigenvalue weighted by molar-refractivity contribution is -0.127. The molecule has 0 bridgehead atoms. The van der Waals surface area contributed by atoms with Gasteiger partial charge in [-0.25, -0.2) is 0 Å². The first-order valence-electron chi connectivity index (χ1n) is 8.64. The summed E-state index contributed by atoms with van der Waals surface area (Å²) in [6.45, 7) is -0.665. The number of ether oxygens (including phenoxy) is 1. The molecule has 0 unspecified atom stereocenters. The molecule has 0 atom stereocenters. The van der Waals surface area contributed by atoms with Crippen LogP contribution in [0.4, 0.5) is 10.5 Å². The van der Waals surface area contributed by atoms with Gasteiger partial charge in [0.05, 0.1) is 15.6 Å². The molecule has 0 saturated carbocycles. The summed E-state index contributed by atoms with van der Waals surface area (Å²) in [5, 5.41) is 2.39. The van der Waals surface area contributed by atoms with E-state index < -0.39 is 29.5 Å². The first kappa shape index (κ1) is 21.4. The number of imide groups is 1. The van der Waals surface area contributed by atoms with Crippen molar-refractivity contribution in [2.45, 2.75) is 0 Å². The summed E-state index contributed by atoms with van der Waals surface area (Å²) < 4.78 is 5.17. The SMILES string of the molecule is NC(=O)COc1ccc(/C=C2/SC(=O)N(CC(=O)Nc3ccccc3Cl)C2=O)cc1. The van der Waals surface area contributed by atoms with Crippen molar-refractivity contribution < 1.29 is 23.9 Å². The Kier molecular flexibility index (Phi) is 6.76. The lowest BCUT2D eigenvalue weighted by atomic mass is 10.2. The van der Waals surface area contributed by atoms with Gasteiger partial charge in [0.2, 0.25) is 5.91 Å². The van der Waals surface area contributed by atoms with Gasteiger partial charge in [0, 0.05) is 0 Å². The number of carbonyl (C=O) groups excluding carboxylic acids is 4. The van der Waals surface area contributed by atoms with Gasteiger partial charge in [-0.05, 0) is 47.7 Å². The molecule has 1 fully saturated rings. The maximum atomic E-state index is 12.6. The van der Waals surface area contributed by atoms with E-state index in [-0.39, 0.29) is 11.5 Å². The summed E-state index contributed by atoms with van der Waals surface area (Å²) in [5.74, 6) is -1.25. The Bertz CT molecular complexity index is 1040. The summed E-state index contributed by atoms with van der Waals surface area (Å²) in [4.78, 5) is 48.8. The maximum Gasteiger partial charge on any atom is 0.294 e. The fourth-order valence-electron chi connectivity index (χ4n) is 2.50. The van der Waals surface area contributed by atoms with E-state index in [0.29, 0.717) is 22.0 Å². The third-order valence-electron chi connectivity index (χ3n) is 3.88. The molecule has 154 valence electrons. The number of para-hydroxylation sites is 1. The molecule has 3 rings (SSSR count). The number of amides is 4. The van der Waals surface area contributed by atoms with E-state index in [1.165, 1.54) is 6.08 Å². The molecule has 1 aliphatic rings. The quantitative estimate of drug-likeness (QED) is 0.632. The lowest BCUT2D eigenvalue weighted by Gasteiger charge is -2.13. The van der Waals surface area contributed by atoms with Crippen LogP contribution in [0.15, 0.2) is 53.4 Å². The Labute approximate surface area is 181 Å². The number of anilines is 1. The van der Waals surface area contributed by atoms with Crippen molar-refractivity contribution in [2.75, 3.05) is 18.5 Å². The maximum absolute atomic E-state index is 12.6. The molecule has 0 aliphatic carbocycles. The minimum absolute atomic E-state index is 0.191. The number of nitrogens with two attached hydrogens (primary N) is 1. The van der Waals surface area contributed by atoms with Crippen molar-refractivity contribution in [1.29, 1.82) is 0 Å². The van der Waals surface area contributed by atoms with E-state index in [9.17, 15) is 19.2 Å². The summed E-state index contributed by atoms with van der Waals surface area (Å²) in [6.07, 6.45) is 1.54. The highest BCUT2D eigenvalue weighted by Crippen LogP contribution is 2.32. The summed E-state index contributed by atoms with van der Waals surface area (Å²) >= 11 is 6.74. The Hall–Kier alpha value is -3.30. The van der Waals surface area contributed by atoms with Crippen molar-refractivity contribution >= 4 is 58.1 Å². The fourth-order valence-corrected chi connectivity index (χ4v) is 3.52. The molecule has 8 nitrogen and oxygen atoms in total. The number of halogens is 1. The molecule has 0 spiro atoms. The number of nitrogens with one attached hydrogen (secondary N) is 1. The molecule has 0 aromatic heterocycles. The van der Waals surface area contributed by atoms with Crippen LogP contribution in [0, 0.1) is 0 Å². The first-order valence-corrected chi connectivity index (χ1v) is 9.84. The molecule has 2 aromatic rings. The van der Waals surface area contributed by atoms with Crippen molar-refractivity contribution in [3.8, 4) is 5.75 Å². The van der Waals surface area contributed by atoms with Crippen molar-refractivity contribution in [2.24, 2.45) is 5.73 Å². The van der Waals surface area contributed by atoms with Crippen LogP contribution in [-0.4, -0.2) is 41.0 Å². The van der Waals surface area contributed by atoms with Crippen LogP contribution >= 0.6 is 23.4 Å². The average molecular weight is 446 g/mol. The third-order valence-corrected chi connectivity index (χ3v) is 5.12. The smallest absolute Gasteiger partial charge is 0.294 e. The highest BCUT2D eigenvalue weighted by Gasteiger charge is 2.36. The Balaban J connectivity index is 1.64. The molecule has 0 radical (unpaired) electrons. The highest BCUT2D eigenvalue weighted by atomic mass is 35.5. The molecule has 1 heterocycles. The second-order valence-electron chi connectivity index (χ2n) is 6.12. The zero-order valence-corrected chi connectivity index (χ0v) is 17.0. The number of primary amides is 1. The van der Waals surface area contributed by atoms with Crippen LogP contribution < -0.4 is 15.8 Å². The largest absolute Gasteiger partial charge is 0.484 e. The molecule has 10 heteroatoms. The van der Waals surface area contributed by atoms with E-state index in [0.717, 1.165) is 16.7 Å². The topological polar surface area (TPSA) is 119 Å². The molecule has 1 aliphatic heterocycles. The van der Waals surface area contributed by atoms with Crippen LogP contribution in [0.25, 0.3) is 6.08 Å². The van der Waals surface area contributed by atoms with Gasteiger partial charge in [-0.15, -0.1) is 0 Å². The van der Waals surface area contributed by atoms with Crippen LogP contribution in [-0.2, 0) is 14.4 Å². The van der Waals surface area contributed by atoms with Crippen LogP contribution in [0.2, 0.25) is 5.02 Å². The average Bonchev–Trinajstić information content (AvgIpc) is 2.96. The normalized spacial score (nSPS) is 14.8. The highest BCUT2D eigenvalue weighted by molar-refractivity contribution is 8.18. The number of thioether (sulfide) groups is 1. The first-order chi connectivity index (χ1) is 14.3. The van der Waals surface area contributed by atoms with Gasteiger partial charge >= 0.3 is 0 Å². The van der Waals surface area contributed by atoms with E-state index >= 15 is 0 Å². The molecule has 1 saturated heterocycles. The summed E-state index contributed by atoms with van der Waals surface area (Å²) in [6, 6.07) is 13.2. The zero-order chi connectivity index (χ0) is 21.7. The third kappa shape index (κ3) is 5.40. The number of nitrogens with zero attached hydrogens (tertiary/aromatic N) is 1. The van der Waals surface area contributed by atoms with E-state index in [1.807, 2.05) is 0 Å². The Morgan fingerprint density at radius 1 is 1.13 bits per heavy atom. The van der Waals surface area contributed by atoms with Gasteiger partial charge in [0.25, 0.3) is 17.1 Å². The van der Waals surface area contributed by atoms with Gasteiger partial charge in [0.1, 0.15) is 12.3 Å². The van der Waals surface area contributed by atoms with Crippen molar-refractivity contribution in [1.82, 2.24) is 4.90 Å². The minimum atomic E-state index is -0.591.